The Labute approximate surface area is 164 Å². The molecule has 152 valence electrons. The summed E-state index contributed by atoms with van der Waals surface area (Å²) in [7, 11) is -3.86. The number of nitrogens with zero attached hydrogens (tertiary/aromatic N) is 1. The van der Waals surface area contributed by atoms with Crippen LogP contribution in [0, 0.1) is 18.6 Å². The molecule has 0 heterocycles. The largest absolute Gasteiger partial charge is 0.322 e. The lowest BCUT2D eigenvalue weighted by Gasteiger charge is -2.21. The summed E-state index contributed by atoms with van der Waals surface area (Å²) < 4.78 is 54.9. The number of carbonyl (C=O) groups is 1. The van der Waals surface area contributed by atoms with Gasteiger partial charge in [-0.15, -0.1) is 0 Å². The molecule has 28 heavy (non-hydrogen) atoms. The van der Waals surface area contributed by atoms with E-state index in [2.05, 4.69) is 5.32 Å². The number of nitrogens with one attached hydrogen (secondary N) is 1. The van der Waals surface area contributed by atoms with E-state index in [0.717, 1.165) is 24.3 Å². The summed E-state index contributed by atoms with van der Waals surface area (Å²) in [5.74, 6) is -2.22. The van der Waals surface area contributed by atoms with Gasteiger partial charge in [0.25, 0.3) is 5.91 Å². The molecule has 0 bridgehead atoms. The summed E-state index contributed by atoms with van der Waals surface area (Å²) in [5.41, 5.74) is 0.138. The molecule has 8 heteroatoms. The monoisotopic (exact) mass is 410 g/mol. The Morgan fingerprint density at radius 1 is 1.00 bits per heavy atom. The normalized spacial score (nSPS) is 11.6. The van der Waals surface area contributed by atoms with Gasteiger partial charge in [0.15, 0.2) is 0 Å². The third-order valence-electron chi connectivity index (χ3n) is 4.20. The fourth-order valence-electron chi connectivity index (χ4n) is 2.71. The van der Waals surface area contributed by atoms with Crippen LogP contribution in [0.5, 0.6) is 0 Å². The zero-order valence-corrected chi connectivity index (χ0v) is 16.9. The molecule has 2 aromatic carbocycles. The molecule has 0 saturated heterocycles. The van der Waals surface area contributed by atoms with Crippen LogP contribution in [-0.2, 0) is 10.0 Å². The maximum atomic E-state index is 14.2. The molecule has 1 amide bonds. The molecule has 1 N–H and O–H groups in total. The first kappa shape index (κ1) is 22.0. The van der Waals surface area contributed by atoms with Crippen molar-refractivity contribution in [2.24, 2.45) is 0 Å². The summed E-state index contributed by atoms with van der Waals surface area (Å²) in [6.07, 6.45) is 1.26. The third kappa shape index (κ3) is 4.94. The lowest BCUT2D eigenvalue weighted by atomic mass is 10.1. The number of carbonyl (C=O) groups excluding carboxylic acids is 1. The predicted octanol–water partition coefficient (Wildman–Crippen LogP) is 4.34. The molecule has 0 spiro atoms. The quantitative estimate of drug-likeness (QED) is 0.704. The molecule has 0 radical (unpaired) electrons. The average molecular weight is 410 g/mol. The van der Waals surface area contributed by atoms with Gasteiger partial charge < -0.3 is 5.32 Å². The van der Waals surface area contributed by atoms with E-state index in [1.807, 2.05) is 13.8 Å². The van der Waals surface area contributed by atoms with Crippen LogP contribution >= 0.6 is 0 Å². The number of halogens is 2. The van der Waals surface area contributed by atoms with Crippen LogP contribution in [0.3, 0.4) is 0 Å². The molecular weight excluding hydrogens is 386 g/mol. The molecule has 0 aliphatic rings. The molecular formula is C20H24F2N2O3S. The minimum Gasteiger partial charge on any atom is -0.322 e. The highest BCUT2D eigenvalue weighted by Crippen LogP contribution is 2.21. The summed E-state index contributed by atoms with van der Waals surface area (Å²) in [6.45, 7) is 5.97. The molecule has 0 aliphatic carbocycles. The van der Waals surface area contributed by atoms with Gasteiger partial charge in [0.05, 0.1) is 10.5 Å². The number of benzene rings is 2. The van der Waals surface area contributed by atoms with Crippen molar-refractivity contribution in [2.45, 2.75) is 38.5 Å². The SMILES string of the molecule is CCCN(CCC)S(=O)(=O)c1ccc(F)c(C(=O)Nc2ccc(C)c(F)c2)c1. The molecule has 0 aliphatic heterocycles. The number of rotatable bonds is 8. The maximum absolute atomic E-state index is 14.2. The van der Waals surface area contributed by atoms with E-state index in [9.17, 15) is 22.0 Å². The predicted molar refractivity (Wildman–Crippen MR) is 105 cm³/mol. The van der Waals surface area contributed by atoms with Crippen molar-refractivity contribution in [2.75, 3.05) is 18.4 Å². The van der Waals surface area contributed by atoms with Crippen molar-refractivity contribution in [3.8, 4) is 0 Å². The van der Waals surface area contributed by atoms with Crippen LogP contribution < -0.4 is 5.32 Å². The highest BCUT2D eigenvalue weighted by molar-refractivity contribution is 7.89. The average Bonchev–Trinajstić information content (AvgIpc) is 2.64. The van der Waals surface area contributed by atoms with Gasteiger partial charge in [-0.05, 0) is 55.7 Å². The second-order valence-electron chi connectivity index (χ2n) is 6.46. The summed E-state index contributed by atoms with van der Waals surface area (Å²) >= 11 is 0. The highest BCUT2D eigenvalue weighted by atomic mass is 32.2. The van der Waals surface area contributed by atoms with Gasteiger partial charge in [-0.3, -0.25) is 4.79 Å². The molecule has 2 aromatic rings. The second kappa shape index (κ2) is 9.25. The first-order chi connectivity index (χ1) is 13.2. The Kier molecular flexibility index (Phi) is 7.26. The van der Waals surface area contributed by atoms with Crippen molar-refractivity contribution in [1.29, 1.82) is 0 Å². The molecule has 0 atom stereocenters. The Bertz CT molecular complexity index is 956. The van der Waals surface area contributed by atoms with Crippen LogP contribution in [0.4, 0.5) is 14.5 Å². The van der Waals surface area contributed by atoms with E-state index in [0.29, 0.717) is 31.5 Å². The van der Waals surface area contributed by atoms with E-state index in [1.165, 1.54) is 16.4 Å². The topological polar surface area (TPSA) is 66.5 Å². The Morgan fingerprint density at radius 2 is 1.64 bits per heavy atom. The Balaban J connectivity index is 2.36. The van der Waals surface area contributed by atoms with Gasteiger partial charge in [0, 0.05) is 18.8 Å². The van der Waals surface area contributed by atoms with E-state index in [-0.39, 0.29) is 10.6 Å². The van der Waals surface area contributed by atoms with Gasteiger partial charge in [0.1, 0.15) is 11.6 Å². The molecule has 0 aromatic heterocycles. The summed E-state index contributed by atoms with van der Waals surface area (Å²) in [6, 6.07) is 7.20. The fraction of sp³-hybridized carbons (Fsp3) is 0.350. The van der Waals surface area contributed by atoms with Crippen molar-refractivity contribution in [3.05, 3.63) is 59.2 Å². The van der Waals surface area contributed by atoms with Crippen molar-refractivity contribution < 1.29 is 22.0 Å². The summed E-state index contributed by atoms with van der Waals surface area (Å²) in [4.78, 5) is 12.3. The number of amides is 1. The van der Waals surface area contributed by atoms with Gasteiger partial charge in [-0.2, -0.15) is 4.31 Å². The van der Waals surface area contributed by atoms with Crippen molar-refractivity contribution in [3.63, 3.8) is 0 Å². The Morgan fingerprint density at radius 3 is 2.21 bits per heavy atom. The van der Waals surface area contributed by atoms with Crippen molar-refractivity contribution >= 4 is 21.6 Å². The lowest BCUT2D eigenvalue weighted by molar-refractivity contribution is 0.102. The standard InChI is InChI=1S/C20H24F2N2O3S/c1-4-10-24(11-5-2)28(26,27)16-8-9-18(21)17(13-16)20(25)23-15-7-6-14(3)19(22)12-15/h6-9,12-13H,4-5,10-11H2,1-3H3,(H,23,25). The maximum Gasteiger partial charge on any atom is 0.258 e. The van der Waals surface area contributed by atoms with E-state index in [4.69, 9.17) is 0 Å². The second-order valence-corrected chi connectivity index (χ2v) is 8.40. The Hall–Kier alpha value is -2.32. The van der Waals surface area contributed by atoms with Gasteiger partial charge in [0.2, 0.25) is 10.0 Å². The molecule has 0 fully saturated rings. The van der Waals surface area contributed by atoms with Crippen LogP contribution in [-0.4, -0.2) is 31.7 Å². The molecule has 5 nitrogen and oxygen atoms in total. The van der Waals surface area contributed by atoms with E-state index in [1.54, 1.807) is 6.92 Å². The highest BCUT2D eigenvalue weighted by Gasteiger charge is 2.25. The minimum atomic E-state index is -3.86. The molecule has 0 saturated carbocycles. The van der Waals surface area contributed by atoms with E-state index >= 15 is 0 Å². The van der Waals surface area contributed by atoms with Crippen LogP contribution in [0.25, 0.3) is 0 Å². The zero-order valence-electron chi connectivity index (χ0n) is 16.1. The van der Waals surface area contributed by atoms with Gasteiger partial charge >= 0.3 is 0 Å². The zero-order chi connectivity index (χ0) is 20.9. The fourth-order valence-corrected chi connectivity index (χ4v) is 4.36. The van der Waals surface area contributed by atoms with Gasteiger partial charge in [-0.1, -0.05) is 19.9 Å². The van der Waals surface area contributed by atoms with Crippen molar-refractivity contribution in [1.82, 2.24) is 4.31 Å². The number of aryl methyl sites for hydroxylation is 1. The molecule has 0 unspecified atom stereocenters. The van der Waals surface area contributed by atoms with E-state index < -0.39 is 33.1 Å². The lowest BCUT2D eigenvalue weighted by Crippen LogP contribution is -2.32. The number of anilines is 1. The van der Waals surface area contributed by atoms with Crippen LogP contribution in [0.2, 0.25) is 0 Å². The number of sulfonamides is 1. The van der Waals surface area contributed by atoms with Crippen LogP contribution in [0.1, 0.15) is 42.6 Å². The number of hydrogen-bond donors (Lipinski definition) is 1. The first-order valence-electron chi connectivity index (χ1n) is 9.07. The summed E-state index contributed by atoms with van der Waals surface area (Å²) in [5, 5.41) is 2.40. The molecule has 2 rings (SSSR count). The first-order valence-corrected chi connectivity index (χ1v) is 10.5. The third-order valence-corrected chi connectivity index (χ3v) is 6.09. The minimum absolute atomic E-state index is 0.152. The number of hydrogen-bond acceptors (Lipinski definition) is 3. The van der Waals surface area contributed by atoms with Gasteiger partial charge in [-0.25, -0.2) is 17.2 Å². The van der Waals surface area contributed by atoms with Crippen LogP contribution in [0.15, 0.2) is 41.3 Å². The smallest absolute Gasteiger partial charge is 0.258 e.